The van der Waals surface area contributed by atoms with Crippen LogP contribution in [0.4, 0.5) is 0 Å². The summed E-state index contributed by atoms with van der Waals surface area (Å²) in [4.78, 5) is 2.54. The molecule has 0 unspecified atom stereocenters. The van der Waals surface area contributed by atoms with Crippen LogP contribution < -0.4 is 4.72 Å². The van der Waals surface area contributed by atoms with Crippen molar-refractivity contribution < 1.29 is 13.0 Å². The van der Waals surface area contributed by atoms with Gasteiger partial charge in [-0.3, -0.25) is 0 Å². The zero-order valence-electron chi connectivity index (χ0n) is 13.2. The third-order valence-corrected chi connectivity index (χ3v) is 5.93. The minimum absolute atomic E-state index is 0.120. The lowest BCUT2D eigenvalue weighted by Crippen LogP contribution is -2.36. The van der Waals surface area contributed by atoms with Gasteiger partial charge in [-0.05, 0) is 60.7 Å². The molecule has 8 heteroatoms. The molecule has 7 nitrogen and oxygen atoms in total. The van der Waals surface area contributed by atoms with Gasteiger partial charge in [-0.1, -0.05) is 13.0 Å². The molecule has 0 aliphatic carbocycles. The first-order valence-corrected chi connectivity index (χ1v) is 9.52. The van der Waals surface area contributed by atoms with Gasteiger partial charge in [0.2, 0.25) is 10.0 Å². The van der Waals surface area contributed by atoms with E-state index < -0.39 is 10.0 Å². The molecular formula is C15H22N4O3S. The molecule has 1 aromatic carbocycles. The van der Waals surface area contributed by atoms with Gasteiger partial charge in [-0.15, -0.1) is 0 Å². The molecular weight excluding hydrogens is 316 g/mol. The maximum Gasteiger partial charge on any atom is 0.242 e. The zero-order valence-corrected chi connectivity index (χ0v) is 14.1. The Balaban J connectivity index is 1.62. The van der Waals surface area contributed by atoms with E-state index in [1.165, 1.54) is 18.9 Å². The maximum atomic E-state index is 12.5. The number of hydrogen-bond donors (Lipinski definition) is 1. The van der Waals surface area contributed by atoms with Crippen molar-refractivity contribution in [1.82, 2.24) is 19.9 Å². The molecule has 1 aliphatic heterocycles. The number of hydrogen-bond acceptors (Lipinski definition) is 6. The fourth-order valence-electron chi connectivity index (χ4n) is 3.15. The average Bonchev–Trinajstić information content (AvgIpc) is 3.03. The molecule has 23 heavy (non-hydrogen) atoms. The van der Waals surface area contributed by atoms with Gasteiger partial charge in [0.1, 0.15) is 10.4 Å². The first-order valence-electron chi connectivity index (χ1n) is 8.03. The summed E-state index contributed by atoms with van der Waals surface area (Å²) in [5, 5.41) is 7.37. The van der Waals surface area contributed by atoms with Crippen LogP contribution in [0.3, 0.4) is 0 Å². The van der Waals surface area contributed by atoms with Crippen molar-refractivity contribution in [3.05, 3.63) is 18.2 Å². The summed E-state index contributed by atoms with van der Waals surface area (Å²) in [6, 6.07) is 4.84. The predicted octanol–water partition coefficient (Wildman–Crippen LogP) is 1.62. The average molecular weight is 338 g/mol. The van der Waals surface area contributed by atoms with Gasteiger partial charge < -0.3 is 4.90 Å². The van der Waals surface area contributed by atoms with Crippen LogP contribution in [0.25, 0.3) is 11.0 Å². The van der Waals surface area contributed by atoms with Crippen molar-refractivity contribution >= 4 is 21.1 Å². The fourth-order valence-corrected chi connectivity index (χ4v) is 4.34. The second kappa shape index (κ2) is 6.94. The molecule has 0 radical (unpaired) electrons. The van der Waals surface area contributed by atoms with Gasteiger partial charge in [-0.25, -0.2) is 17.8 Å². The first kappa shape index (κ1) is 16.4. The smallest absolute Gasteiger partial charge is 0.242 e. The van der Waals surface area contributed by atoms with Crippen LogP contribution in [0.1, 0.15) is 26.2 Å². The Hall–Kier alpha value is -1.51. The fraction of sp³-hybridized carbons (Fsp3) is 0.600. The Morgan fingerprint density at radius 3 is 3.09 bits per heavy atom. The standard InChI is InChI=1S/C15H22N4O3S/c1-2-19-10-4-5-12(11-19)8-9-16-23(20,21)14-7-3-6-13-15(14)18-22-17-13/h3,6-7,12,16H,2,4-5,8-11H2,1H3/t12-/m1/s1. The van der Waals surface area contributed by atoms with E-state index in [4.69, 9.17) is 0 Å². The summed E-state index contributed by atoms with van der Waals surface area (Å²) >= 11 is 0. The highest BCUT2D eigenvalue weighted by molar-refractivity contribution is 7.89. The molecule has 1 atom stereocenters. The Labute approximate surface area is 136 Å². The monoisotopic (exact) mass is 338 g/mol. The normalized spacial score (nSPS) is 20.1. The number of benzene rings is 1. The molecule has 1 N–H and O–H groups in total. The number of rotatable bonds is 6. The van der Waals surface area contributed by atoms with Gasteiger partial charge >= 0.3 is 0 Å². The molecule has 1 aliphatic rings. The molecule has 0 saturated carbocycles. The Bertz CT molecular complexity index is 759. The van der Waals surface area contributed by atoms with Crippen LogP contribution >= 0.6 is 0 Å². The van der Waals surface area contributed by atoms with Crippen molar-refractivity contribution in [3.8, 4) is 0 Å². The summed E-state index contributed by atoms with van der Waals surface area (Å²) in [5.41, 5.74) is 0.716. The van der Waals surface area contributed by atoms with Gasteiger partial charge in [0, 0.05) is 13.1 Å². The summed E-state index contributed by atoms with van der Waals surface area (Å²) < 4.78 is 32.3. The Morgan fingerprint density at radius 2 is 2.26 bits per heavy atom. The highest BCUT2D eigenvalue weighted by Crippen LogP contribution is 2.21. The van der Waals surface area contributed by atoms with Gasteiger partial charge in [0.25, 0.3) is 0 Å². The van der Waals surface area contributed by atoms with E-state index in [1.807, 2.05) is 0 Å². The van der Waals surface area contributed by atoms with Gasteiger partial charge in [-0.2, -0.15) is 0 Å². The minimum Gasteiger partial charge on any atom is -0.303 e. The van der Waals surface area contributed by atoms with Crippen molar-refractivity contribution in [2.45, 2.75) is 31.1 Å². The lowest BCUT2D eigenvalue weighted by atomic mass is 9.95. The van der Waals surface area contributed by atoms with Crippen LogP contribution in [-0.2, 0) is 10.0 Å². The second-order valence-corrected chi connectivity index (χ2v) is 7.71. The highest BCUT2D eigenvalue weighted by atomic mass is 32.2. The molecule has 1 aromatic heterocycles. The van der Waals surface area contributed by atoms with E-state index >= 15 is 0 Å². The Kier molecular flexibility index (Phi) is 4.93. The molecule has 0 bridgehead atoms. The highest BCUT2D eigenvalue weighted by Gasteiger charge is 2.22. The lowest BCUT2D eigenvalue weighted by molar-refractivity contribution is 0.177. The summed E-state index contributed by atoms with van der Waals surface area (Å²) in [6.45, 7) is 5.87. The van der Waals surface area contributed by atoms with Crippen molar-refractivity contribution in [2.24, 2.45) is 5.92 Å². The van der Waals surface area contributed by atoms with Crippen molar-refractivity contribution in [1.29, 1.82) is 0 Å². The molecule has 2 heterocycles. The van der Waals surface area contributed by atoms with E-state index in [0.29, 0.717) is 18.0 Å². The van der Waals surface area contributed by atoms with E-state index in [2.05, 4.69) is 31.5 Å². The first-order chi connectivity index (χ1) is 11.1. The summed E-state index contributed by atoms with van der Waals surface area (Å²) in [6.07, 6.45) is 3.21. The number of fused-ring (bicyclic) bond motifs is 1. The number of aromatic nitrogens is 2. The Morgan fingerprint density at radius 1 is 1.39 bits per heavy atom. The molecule has 0 amide bonds. The van der Waals surface area contributed by atoms with Crippen LogP contribution in [0.5, 0.6) is 0 Å². The van der Waals surface area contributed by atoms with Crippen LogP contribution in [0.2, 0.25) is 0 Å². The van der Waals surface area contributed by atoms with E-state index in [0.717, 1.165) is 26.1 Å². The van der Waals surface area contributed by atoms with Crippen molar-refractivity contribution in [2.75, 3.05) is 26.2 Å². The third-order valence-electron chi connectivity index (χ3n) is 4.43. The molecule has 0 spiro atoms. The number of piperidine rings is 1. The molecule has 3 rings (SSSR count). The number of nitrogens with zero attached hydrogens (tertiary/aromatic N) is 3. The van der Waals surface area contributed by atoms with Gasteiger partial charge in [0.15, 0.2) is 5.52 Å². The predicted molar refractivity (Wildman–Crippen MR) is 86.4 cm³/mol. The molecule has 126 valence electrons. The number of sulfonamides is 1. The van der Waals surface area contributed by atoms with Gasteiger partial charge in [0.05, 0.1) is 0 Å². The number of nitrogens with one attached hydrogen (secondary N) is 1. The maximum absolute atomic E-state index is 12.5. The zero-order chi connectivity index (χ0) is 16.3. The second-order valence-electron chi connectivity index (χ2n) is 5.98. The summed E-state index contributed by atoms with van der Waals surface area (Å²) in [7, 11) is -3.60. The van der Waals surface area contributed by atoms with E-state index in [9.17, 15) is 8.42 Å². The number of likely N-dealkylation sites (tertiary alicyclic amines) is 1. The molecule has 1 fully saturated rings. The third kappa shape index (κ3) is 3.70. The summed E-state index contributed by atoms with van der Waals surface area (Å²) in [5.74, 6) is 0.552. The van der Waals surface area contributed by atoms with E-state index in [-0.39, 0.29) is 10.4 Å². The largest absolute Gasteiger partial charge is 0.303 e. The topological polar surface area (TPSA) is 88.3 Å². The minimum atomic E-state index is -3.60. The molecule has 2 aromatic rings. The van der Waals surface area contributed by atoms with Crippen LogP contribution in [-0.4, -0.2) is 49.8 Å². The SMILES string of the molecule is CCN1CCC[C@H](CCNS(=O)(=O)c2cccc3nonc23)C1. The quantitative estimate of drug-likeness (QED) is 0.861. The lowest BCUT2D eigenvalue weighted by Gasteiger charge is -2.31. The van der Waals surface area contributed by atoms with Crippen LogP contribution in [0, 0.1) is 5.92 Å². The van der Waals surface area contributed by atoms with Crippen molar-refractivity contribution in [3.63, 3.8) is 0 Å². The van der Waals surface area contributed by atoms with Crippen LogP contribution in [0.15, 0.2) is 27.7 Å². The van der Waals surface area contributed by atoms with E-state index in [1.54, 1.807) is 12.1 Å². The molecule has 1 saturated heterocycles.